The van der Waals surface area contributed by atoms with Gasteiger partial charge in [-0.15, -0.1) is 0 Å². The Morgan fingerprint density at radius 1 is 0.976 bits per heavy atom. The molecule has 3 unspecified atom stereocenters. The lowest BCUT2D eigenvalue weighted by Gasteiger charge is -2.31. The topological polar surface area (TPSA) is 40.2 Å². The Balaban J connectivity index is 1.31. The van der Waals surface area contributed by atoms with E-state index in [1.54, 1.807) is 0 Å². The van der Waals surface area contributed by atoms with Gasteiger partial charge < -0.3 is 18.7 Å². The molecule has 0 aliphatic carbocycles. The molecule has 3 aromatic carbocycles. The highest BCUT2D eigenvalue weighted by Crippen LogP contribution is 2.48. The molecule has 0 radical (unpaired) electrons. The van der Waals surface area contributed by atoms with Crippen LogP contribution < -0.4 is 14.0 Å². The van der Waals surface area contributed by atoms with E-state index in [1.165, 1.54) is 19.3 Å². The molecule has 3 aromatic rings. The summed E-state index contributed by atoms with van der Waals surface area (Å²) in [6.07, 6.45) is 6.47. The maximum atomic E-state index is 7.52. The van der Waals surface area contributed by atoms with Gasteiger partial charge in [0.1, 0.15) is 23.4 Å². The summed E-state index contributed by atoms with van der Waals surface area (Å²) in [4.78, 5) is 2.44. The van der Waals surface area contributed by atoms with Crippen molar-refractivity contribution in [1.29, 1.82) is 1.28 Å². The van der Waals surface area contributed by atoms with Crippen LogP contribution in [-0.4, -0.2) is 38.7 Å². The summed E-state index contributed by atoms with van der Waals surface area (Å²) in [5.74, 6) is 8.98. The largest absolute Gasteiger partial charge is 0.480 e. The Hall–Kier alpha value is -3.29. The van der Waals surface area contributed by atoms with Crippen molar-refractivity contribution < 1.29 is 18.7 Å². The number of fused-ring (bicyclic) bond motifs is 1. The third-order valence-corrected chi connectivity index (χ3v) is 8.37. The molecule has 6 heteroatoms. The highest BCUT2D eigenvalue weighted by molar-refractivity contribution is 7.10. The second-order valence-corrected chi connectivity index (χ2v) is 11.2. The van der Waals surface area contributed by atoms with Crippen molar-refractivity contribution in [2.75, 3.05) is 26.2 Å². The van der Waals surface area contributed by atoms with Crippen molar-refractivity contribution in [3.63, 3.8) is 0 Å². The summed E-state index contributed by atoms with van der Waals surface area (Å²) in [6.45, 7) is 6.00. The maximum absolute atomic E-state index is 7.52. The van der Waals surface area contributed by atoms with Crippen LogP contribution >= 0.6 is 9.41 Å². The molecule has 212 valence electrons. The number of hydrogen-bond acceptors (Lipinski definition) is 5. The first-order chi connectivity index (χ1) is 20.7. The van der Waals surface area contributed by atoms with Crippen LogP contribution in [0.5, 0.6) is 17.2 Å². The fraction of sp³-hybridized carbons (Fsp3) is 0.371. The predicted octanol–water partition coefficient (Wildman–Crippen LogP) is 7.66. The minimum absolute atomic E-state index is 0.211. The van der Waals surface area contributed by atoms with E-state index < -0.39 is 0 Å². The van der Waals surface area contributed by atoms with Crippen LogP contribution in [0.1, 0.15) is 73.8 Å². The quantitative estimate of drug-likeness (QED) is 0.216. The summed E-state index contributed by atoms with van der Waals surface area (Å²) < 4.78 is 31.8. The summed E-state index contributed by atoms with van der Waals surface area (Å²) in [5.41, 5.74) is 6.26. The van der Waals surface area contributed by atoms with Crippen LogP contribution in [0.15, 0.2) is 66.7 Å². The van der Waals surface area contributed by atoms with Crippen molar-refractivity contribution in [2.45, 2.75) is 57.8 Å². The van der Waals surface area contributed by atoms with Crippen LogP contribution in [0.25, 0.3) is 11.1 Å². The number of rotatable bonds is 7. The van der Waals surface area contributed by atoms with Crippen molar-refractivity contribution in [1.82, 2.24) is 4.90 Å². The molecular formula is C35H38NO4P. The van der Waals surface area contributed by atoms with Crippen molar-refractivity contribution >= 4 is 20.6 Å². The molecule has 41 heavy (non-hydrogen) atoms. The van der Waals surface area contributed by atoms with Gasteiger partial charge in [0.25, 0.3) is 0 Å². The fourth-order valence-electron chi connectivity index (χ4n) is 5.90. The van der Waals surface area contributed by atoms with E-state index in [4.69, 9.17) is 20.0 Å². The van der Waals surface area contributed by atoms with E-state index >= 15 is 0 Å². The second kappa shape index (κ2) is 13.1. The van der Waals surface area contributed by atoms with E-state index in [2.05, 4.69) is 60.1 Å². The molecule has 0 bridgehead atoms. The lowest BCUT2D eigenvalue weighted by molar-refractivity contribution is -0.105. The molecule has 6 rings (SSSR count). The molecule has 3 atom stereocenters. The number of ether oxygens (including phenoxy) is 3. The number of likely N-dealkylation sites (tertiary alicyclic amines) is 1. The first kappa shape index (κ1) is 26.6. The van der Waals surface area contributed by atoms with E-state index in [-0.39, 0.29) is 21.8 Å². The molecule has 3 aliphatic rings. The SMILES string of the molecule is [3H]POc1ccc2c(c1)C(C)=C(c1cccc(OC3CCCCO3)c1)C(c1ccc(C#CCN3CCCCC3)cc1)O2. The highest BCUT2D eigenvalue weighted by Gasteiger charge is 2.30. The van der Waals surface area contributed by atoms with E-state index in [0.29, 0.717) is 5.75 Å². The van der Waals surface area contributed by atoms with Gasteiger partial charge in [0.15, 0.2) is 6.29 Å². The third kappa shape index (κ3) is 6.62. The molecule has 2 fully saturated rings. The normalized spacial score (nSPS) is 21.4. The van der Waals surface area contributed by atoms with Crippen LogP contribution in [0.3, 0.4) is 0 Å². The lowest BCUT2D eigenvalue weighted by Crippen LogP contribution is -2.29. The molecule has 5 nitrogen and oxygen atoms in total. The zero-order valence-corrected chi connectivity index (χ0v) is 24.7. The van der Waals surface area contributed by atoms with Gasteiger partial charge in [0.05, 0.1) is 23.8 Å². The van der Waals surface area contributed by atoms with Gasteiger partial charge in [-0.2, -0.15) is 0 Å². The van der Waals surface area contributed by atoms with E-state index in [9.17, 15) is 0 Å². The first-order valence-corrected chi connectivity index (χ1v) is 15.1. The smallest absolute Gasteiger partial charge is 0.199 e. The van der Waals surface area contributed by atoms with Crippen LogP contribution in [0, 0.1) is 11.8 Å². The predicted molar refractivity (Wildman–Crippen MR) is 167 cm³/mol. The van der Waals surface area contributed by atoms with Crippen molar-refractivity contribution in [3.8, 4) is 29.1 Å². The number of piperidine rings is 1. The summed E-state index contributed by atoms with van der Waals surface area (Å²) in [5, 5.41) is 0. The molecule has 0 saturated carbocycles. The summed E-state index contributed by atoms with van der Waals surface area (Å²) >= 11 is 0. The molecular weight excluding hydrogens is 529 g/mol. The molecule has 0 N–H and O–H groups in total. The van der Waals surface area contributed by atoms with Gasteiger partial charge >= 0.3 is 0 Å². The summed E-state index contributed by atoms with van der Waals surface area (Å²) in [6, 6.07) is 22.4. The van der Waals surface area contributed by atoms with Crippen LogP contribution in [0.4, 0.5) is 0 Å². The maximum Gasteiger partial charge on any atom is 0.199 e. The highest BCUT2D eigenvalue weighted by atomic mass is 31.0. The average molecular weight is 570 g/mol. The van der Waals surface area contributed by atoms with Crippen molar-refractivity contribution in [3.05, 3.63) is 89.0 Å². The fourth-order valence-corrected chi connectivity index (χ4v) is 6.03. The molecule has 0 spiro atoms. The Morgan fingerprint density at radius 3 is 2.66 bits per heavy atom. The monoisotopic (exact) mass is 569 g/mol. The molecule has 3 aliphatic heterocycles. The lowest BCUT2D eigenvalue weighted by atomic mass is 9.86. The summed E-state index contributed by atoms with van der Waals surface area (Å²) in [7, 11) is -0.370. The zero-order chi connectivity index (χ0) is 28.7. The average Bonchev–Trinajstić information content (AvgIpc) is 3.03. The standard InChI is InChI=1S/C35H38NO4P/c1-25-31-24-30(40-41)17-18-32(31)39-35(27-15-13-26(14-16-27)9-8-21-36-19-4-2-5-20-36)34(25)28-10-7-11-29(23-28)38-33-12-3-6-22-37-33/h7,10-11,13-18,23-24,33,35H,2-6,12,19-22,41H2,1H3/i41T. The van der Waals surface area contributed by atoms with Gasteiger partial charge in [-0.3, -0.25) is 4.90 Å². The molecule has 3 heterocycles. The Kier molecular flexibility index (Phi) is 8.52. The first-order valence-electron chi connectivity index (χ1n) is 15.2. The van der Waals surface area contributed by atoms with Crippen LogP contribution in [0.2, 0.25) is 0 Å². The number of allylic oxidation sites excluding steroid dienone is 1. The minimum atomic E-state index is -0.370. The Morgan fingerprint density at radius 2 is 1.85 bits per heavy atom. The van der Waals surface area contributed by atoms with E-state index in [0.717, 1.165) is 90.4 Å². The van der Waals surface area contributed by atoms with Gasteiger partial charge in [0.2, 0.25) is 0 Å². The van der Waals surface area contributed by atoms with Crippen molar-refractivity contribution in [2.24, 2.45) is 0 Å². The molecule has 0 amide bonds. The van der Waals surface area contributed by atoms with E-state index in [1.807, 2.05) is 30.3 Å². The second-order valence-electron chi connectivity index (χ2n) is 11.0. The van der Waals surface area contributed by atoms with Gasteiger partial charge in [-0.1, -0.05) is 42.5 Å². The van der Waals surface area contributed by atoms with Gasteiger partial charge in [-0.05, 0) is 105 Å². The minimum Gasteiger partial charge on any atom is -0.480 e. The Bertz CT molecular complexity index is 1470. The number of benzene rings is 3. The number of nitrogens with zero attached hydrogens (tertiary/aromatic N) is 1. The Labute approximate surface area is 247 Å². The third-order valence-electron chi connectivity index (χ3n) is 8.13. The van der Waals surface area contributed by atoms with Gasteiger partial charge in [-0.25, -0.2) is 0 Å². The molecule has 0 aromatic heterocycles. The molecule has 2 saturated heterocycles. The van der Waals surface area contributed by atoms with Gasteiger partial charge in [0, 0.05) is 23.1 Å². The number of hydrogen-bond donors (Lipinski definition) is 0. The van der Waals surface area contributed by atoms with Crippen LogP contribution in [-0.2, 0) is 4.74 Å². The zero-order valence-electron chi connectivity index (χ0n) is 24.7.